The highest BCUT2D eigenvalue weighted by molar-refractivity contribution is 8.02. The number of benzene rings is 2. The number of nitrogens with zero attached hydrogens (tertiary/aromatic N) is 2. The fraction of sp³-hybridized carbons (Fsp3) is 0.320. The Morgan fingerprint density at radius 3 is 2.32 bits per heavy atom. The lowest BCUT2D eigenvalue weighted by atomic mass is 10.1. The largest absolute Gasteiger partial charge is 0.355 e. The molecule has 2 amide bonds. The molecule has 0 fully saturated rings. The number of amides is 2. The van der Waals surface area contributed by atoms with Gasteiger partial charge in [-0.1, -0.05) is 60.7 Å². The summed E-state index contributed by atoms with van der Waals surface area (Å²) < 4.78 is 0. The Morgan fingerprint density at radius 1 is 1.03 bits per heavy atom. The number of aliphatic imine (C=N–C) groups is 1. The number of thioether (sulfide) groups is 1. The molecule has 0 unspecified atom stereocenters. The van der Waals surface area contributed by atoms with Gasteiger partial charge in [0.25, 0.3) is 0 Å². The molecule has 0 aliphatic rings. The summed E-state index contributed by atoms with van der Waals surface area (Å²) in [6, 6.07) is 20.2. The van der Waals surface area contributed by atoms with Crippen LogP contribution in [-0.2, 0) is 22.4 Å². The smallest absolute Gasteiger partial charge is 0.222 e. The van der Waals surface area contributed by atoms with Crippen LogP contribution in [0.2, 0.25) is 0 Å². The zero-order valence-corrected chi connectivity index (χ0v) is 18.9. The molecule has 2 aromatic rings. The van der Waals surface area contributed by atoms with E-state index in [2.05, 4.69) is 41.3 Å². The minimum Gasteiger partial charge on any atom is -0.355 e. The van der Waals surface area contributed by atoms with Crippen molar-refractivity contribution >= 4 is 30.3 Å². The highest BCUT2D eigenvalue weighted by Crippen LogP contribution is 2.13. The maximum atomic E-state index is 12.2. The summed E-state index contributed by atoms with van der Waals surface area (Å²) in [5.41, 5.74) is 3.30. The van der Waals surface area contributed by atoms with Gasteiger partial charge in [0.15, 0.2) is 0 Å². The molecule has 1 N–H and O–H groups in total. The second kappa shape index (κ2) is 14.2. The van der Waals surface area contributed by atoms with Crippen LogP contribution < -0.4 is 5.32 Å². The van der Waals surface area contributed by atoms with E-state index >= 15 is 0 Å². The molecule has 0 atom stereocenters. The van der Waals surface area contributed by atoms with E-state index in [0.29, 0.717) is 13.1 Å². The highest BCUT2D eigenvalue weighted by Gasteiger charge is 2.11. The summed E-state index contributed by atoms with van der Waals surface area (Å²) in [5.74, 6) is 0.636. The van der Waals surface area contributed by atoms with Gasteiger partial charge in [0.05, 0.1) is 5.70 Å². The molecule has 5 nitrogen and oxygen atoms in total. The normalized spacial score (nSPS) is 11.1. The van der Waals surface area contributed by atoms with Gasteiger partial charge in [0.1, 0.15) is 0 Å². The molecule has 0 saturated carbocycles. The zero-order valence-electron chi connectivity index (χ0n) is 18.1. The van der Waals surface area contributed by atoms with E-state index in [4.69, 9.17) is 0 Å². The number of rotatable bonds is 13. The number of hydrogen-bond donors (Lipinski definition) is 1. The molecule has 2 aromatic carbocycles. The predicted octanol–water partition coefficient (Wildman–Crippen LogP) is 4.10. The standard InChI is InChI=1S/C25H31N3O2S/c1-26-23(19-22-11-7-4-8-12-22)20-31-18-16-27-24(29)13-14-25(30)28(2)17-15-21-9-5-3-6-10-21/h3-12,20H,1,13-19H2,2H3,(H,27,29)/b23-20-. The van der Waals surface area contributed by atoms with Crippen molar-refractivity contribution in [3.05, 3.63) is 82.9 Å². The van der Waals surface area contributed by atoms with Gasteiger partial charge in [-0.25, -0.2) is 0 Å². The summed E-state index contributed by atoms with van der Waals surface area (Å²) in [6.45, 7) is 4.83. The van der Waals surface area contributed by atoms with Crippen LogP contribution in [0, 0.1) is 0 Å². The lowest BCUT2D eigenvalue weighted by Crippen LogP contribution is -2.31. The summed E-state index contributed by atoms with van der Waals surface area (Å²) in [7, 11) is 1.78. The maximum Gasteiger partial charge on any atom is 0.222 e. The number of allylic oxidation sites excluding steroid dienone is 1. The molecule has 0 spiro atoms. The second-order valence-electron chi connectivity index (χ2n) is 7.20. The first kappa shape index (κ1) is 24.4. The van der Waals surface area contributed by atoms with Gasteiger partial charge in [-0.15, -0.1) is 11.8 Å². The minimum absolute atomic E-state index is 0.00833. The summed E-state index contributed by atoms with van der Waals surface area (Å²) >= 11 is 1.60. The first-order valence-electron chi connectivity index (χ1n) is 10.4. The molecule has 164 valence electrons. The molecule has 0 radical (unpaired) electrons. The third kappa shape index (κ3) is 10.1. The molecule has 0 aliphatic heterocycles. The van der Waals surface area contributed by atoms with Crippen LogP contribution in [0.1, 0.15) is 24.0 Å². The van der Waals surface area contributed by atoms with Crippen molar-refractivity contribution in [1.82, 2.24) is 10.2 Å². The summed E-state index contributed by atoms with van der Waals surface area (Å²) in [4.78, 5) is 30.0. The van der Waals surface area contributed by atoms with Gasteiger partial charge in [0, 0.05) is 45.2 Å². The molecule has 2 rings (SSSR count). The molecule has 0 aromatic heterocycles. The first-order chi connectivity index (χ1) is 15.1. The van der Waals surface area contributed by atoms with Crippen LogP contribution in [0.15, 0.2) is 76.8 Å². The van der Waals surface area contributed by atoms with Gasteiger partial charge in [-0.2, -0.15) is 0 Å². The van der Waals surface area contributed by atoms with Crippen LogP contribution in [0.5, 0.6) is 0 Å². The van der Waals surface area contributed by atoms with E-state index in [1.54, 1.807) is 23.7 Å². The molecule has 0 aliphatic carbocycles. The zero-order chi connectivity index (χ0) is 22.3. The van der Waals surface area contributed by atoms with E-state index in [9.17, 15) is 9.59 Å². The SMILES string of the molecule is C=N/C(=C\SCCNC(=O)CCC(=O)N(C)CCc1ccccc1)Cc1ccccc1. The highest BCUT2D eigenvalue weighted by atomic mass is 32.2. The van der Waals surface area contributed by atoms with Crippen LogP contribution in [0.3, 0.4) is 0 Å². The predicted molar refractivity (Wildman–Crippen MR) is 130 cm³/mol. The Hall–Kier alpha value is -2.86. The van der Waals surface area contributed by atoms with Crippen molar-refractivity contribution in [3.8, 4) is 0 Å². The number of likely N-dealkylation sites (N-methyl/N-ethyl adjacent to an activating group) is 1. The van der Waals surface area contributed by atoms with Gasteiger partial charge in [-0.05, 0) is 29.7 Å². The Bertz CT molecular complexity index is 854. The Labute approximate surface area is 189 Å². The number of carbonyl (C=O) groups is 2. The molecular formula is C25H31N3O2S. The fourth-order valence-corrected chi connectivity index (χ4v) is 3.60. The van der Waals surface area contributed by atoms with Crippen LogP contribution in [-0.4, -0.2) is 49.3 Å². The molecule has 0 heterocycles. The van der Waals surface area contributed by atoms with Crippen LogP contribution in [0.25, 0.3) is 0 Å². The lowest BCUT2D eigenvalue weighted by Gasteiger charge is -2.17. The summed E-state index contributed by atoms with van der Waals surface area (Å²) in [5, 5.41) is 4.85. The third-order valence-corrected chi connectivity index (χ3v) is 5.64. The van der Waals surface area contributed by atoms with E-state index in [1.807, 2.05) is 41.8 Å². The quantitative estimate of drug-likeness (QED) is 0.379. The van der Waals surface area contributed by atoms with E-state index < -0.39 is 0 Å². The Kier molecular flexibility index (Phi) is 11.2. The van der Waals surface area contributed by atoms with Crippen LogP contribution >= 0.6 is 11.8 Å². The van der Waals surface area contributed by atoms with Gasteiger partial charge >= 0.3 is 0 Å². The molecule has 0 saturated heterocycles. The van der Waals surface area contributed by atoms with E-state index in [-0.39, 0.29) is 24.7 Å². The van der Waals surface area contributed by atoms with Crippen molar-refractivity contribution in [3.63, 3.8) is 0 Å². The average Bonchev–Trinajstić information content (AvgIpc) is 2.81. The monoisotopic (exact) mass is 437 g/mol. The molecular weight excluding hydrogens is 406 g/mol. The topological polar surface area (TPSA) is 61.8 Å². The first-order valence-corrected chi connectivity index (χ1v) is 11.5. The Morgan fingerprint density at radius 2 is 1.68 bits per heavy atom. The van der Waals surface area contributed by atoms with E-state index in [0.717, 1.165) is 24.3 Å². The number of carbonyl (C=O) groups excluding carboxylic acids is 2. The third-order valence-electron chi connectivity index (χ3n) is 4.76. The number of nitrogens with one attached hydrogen (secondary N) is 1. The Balaban J connectivity index is 1.58. The lowest BCUT2D eigenvalue weighted by molar-refractivity contribution is -0.132. The van der Waals surface area contributed by atoms with Crippen molar-refractivity contribution in [2.75, 3.05) is 25.9 Å². The second-order valence-corrected chi connectivity index (χ2v) is 8.18. The van der Waals surface area contributed by atoms with Crippen molar-refractivity contribution in [2.24, 2.45) is 4.99 Å². The van der Waals surface area contributed by atoms with Crippen molar-refractivity contribution in [2.45, 2.75) is 25.7 Å². The molecule has 0 bridgehead atoms. The van der Waals surface area contributed by atoms with E-state index in [1.165, 1.54) is 11.1 Å². The van der Waals surface area contributed by atoms with Gasteiger partial charge in [-0.3, -0.25) is 14.6 Å². The summed E-state index contributed by atoms with van der Waals surface area (Å²) in [6.07, 6.45) is 1.99. The van der Waals surface area contributed by atoms with Gasteiger partial charge < -0.3 is 10.2 Å². The fourth-order valence-electron chi connectivity index (χ4n) is 2.91. The number of hydrogen-bond acceptors (Lipinski definition) is 4. The molecule has 31 heavy (non-hydrogen) atoms. The van der Waals surface area contributed by atoms with Crippen molar-refractivity contribution < 1.29 is 9.59 Å². The van der Waals surface area contributed by atoms with Crippen molar-refractivity contribution in [1.29, 1.82) is 0 Å². The van der Waals surface area contributed by atoms with Crippen LogP contribution in [0.4, 0.5) is 0 Å². The maximum absolute atomic E-state index is 12.2. The average molecular weight is 438 g/mol. The minimum atomic E-state index is -0.0965. The molecule has 6 heteroatoms. The van der Waals surface area contributed by atoms with Gasteiger partial charge in [0.2, 0.25) is 11.8 Å².